The van der Waals surface area contributed by atoms with Crippen molar-refractivity contribution in [2.45, 2.75) is 6.42 Å². The minimum atomic E-state index is -0.198. The van der Waals surface area contributed by atoms with Gasteiger partial charge < -0.3 is 10.4 Å². The summed E-state index contributed by atoms with van der Waals surface area (Å²) < 4.78 is 0. The average molecular weight is 272 g/mol. The van der Waals surface area contributed by atoms with Gasteiger partial charge in [0.05, 0.1) is 18.5 Å². The lowest BCUT2D eigenvalue weighted by atomic mass is 10.2. The molecule has 2 rings (SSSR count). The minimum Gasteiger partial charge on any atom is -0.395 e. The number of nitrogens with one attached hydrogen (secondary N) is 1. The summed E-state index contributed by atoms with van der Waals surface area (Å²) >= 11 is 1.34. The van der Waals surface area contributed by atoms with Gasteiger partial charge in [-0.25, -0.2) is 0 Å². The second-order valence-corrected chi connectivity index (χ2v) is 4.55. The van der Waals surface area contributed by atoms with Crippen molar-refractivity contribution in [1.29, 1.82) is 0 Å². The third-order valence-electron chi connectivity index (χ3n) is 2.25. The van der Waals surface area contributed by atoms with Gasteiger partial charge >= 0.3 is 0 Å². The summed E-state index contributed by atoms with van der Waals surface area (Å²) in [5.41, 5.74) is 1.33. The molecule has 0 aromatic carbocycles. The summed E-state index contributed by atoms with van der Waals surface area (Å²) in [5, 5.41) is 13.3. The van der Waals surface area contributed by atoms with Gasteiger partial charge in [0.25, 0.3) is 5.91 Å². The first-order valence-corrected chi connectivity index (χ1v) is 6.58. The molecule has 2 aromatic heterocycles. The number of anilines is 1. The molecule has 0 fully saturated rings. The highest BCUT2D eigenvalue weighted by Crippen LogP contribution is 2.17. The van der Waals surface area contributed by atoms with Gasteiger partial charge in [-0.1, -0.05) is 11.8 Å². The van der Waals surface area contributed by atoms with Crippen LogP contribution in [0.2, 0.25) is 0 Å². The Kier molecular flexibility index (Phi) is 4.67. The molecule has 5 heteroatoms. The van der Waals surface area contributed by atoms with Crippen molar-refractivity contribution in [2.24, 2.45) is 0 Å². The van der Waals surface area contributed by atoms with E-state index in [0.29, 0.717) is 22.5 Å². The molecule has 96 valence electrons. The number of thiophene rings is 1. The van der Waals surface area contributed by atoms with E-state index in [1.807, 2.05) is 5.38 Å². The summed E-state index contributed by atoms with van der Waals surface area (Å²) in [6, 6.07) is 5.33. The Labute approximate surface area is 115 Å². The molecule has 0 saturated carbocycles. The topological polar surface area (TPSA) is 62.2 Å². The Hall–Kier alpha value is -2.16. The predicted octanol–water partition coefficient (Wildman–Crippen LogP) is 2.13. The van der Waals surface area contributed by atoms with E-state index in [0.717, 1.165) is 0 Å². The number of amides is 1. The lowest BCUT2D eigenvalue weighted by Gasteiger charge is -2.02. The van der Waals surface area contributed by atoms with E-state index in [-0.39, 0.29) is 12.5 Å². The number of aliphatic hydroxyl groups excluding tert-OH is 1. The van der Waals surface area contributed by atoms with Crippen molar-refractivity contribution >= 4 is 22.9 Å². The SMILES string of the molecule is O=C(Nc1cccnc1)c1sccc1C#CCCO. The molecule has 0 aliphatic rings. The fourth-order valence-corrected chi connectivity index (χ4v) is 2.17. The van der Waals surface area contributed by atoms with Crippen LogP contribution in [0.15, 0.2) is 36.0 Å². The van der Waals surface area contributed by atoms with E-state index in [1.54, 1.807) is 30.6 Å². The molecule has 0 aliphatic heterocycles. The number of nitrogens with zero attached hydrogens (tertiary/aromatic N) is 1. The van der Waals surface area contributed by atoms with Gasteiger partial charge in [-0.3, -0.25) is 9.78 Å². The van der Waals surface area contributed by atoms with Crippen molar-refractivity contribution in [3.8, 4) is 11.8 Å². The Morgan fingerprint density at radius 3 is 3.11 bits per heavy atom. The normalized spacial score (nSPS) is 9.53. The number of aromatic nitrogens is 1. The number of carbonyl (C=O) groups excluding carboxylic acids is 1. The van der Waals surface area contributed by atoms with Crippen LogP contribution < -0.4 is 5.32 Å². The molecule has 2 heterocycles. The standard InChI is InChI=1S/C14H12N2O2S/c17-8-2-1-4-11-6-9-19-13(11)14(18)16-12-5-3-7-15-10-12/h3,5-7,9-10,17H,2,8H2,(H,16,18). The van der Waals surface area contributed by atoms with Gasteiger partial charge in [-0.05, 0) is 23.6 Å². The van der Waals surface area contributed by atoms with E-state index in [2.05, 4.69) is 22.1 Å². The summed E-state index contributed by atoms with van der Waals surface area (Å²) in [6.45, 7) is 0.0222. The quantitative estimate of drug-likeness (QED) is 0.841. The number of hydrogen-bond donors (Lipinski definition) is 2. The van der Waals surface area contributed by atoms with Gasteiger partial charge in [0.15, 0.2) is 0 Å². The first kappa shape index (κ1) is 13.3. The first-order valence-electron chi connectivity index (χ1n) is 5.70. The Balaban J connectivity index is 2.12. The van der Waals surface area contributed by atoms with Crippen LogP contribution in [-0.2, 0) is 0 Å². The molecule has 0 aliphatic carbocycles. The molecule has 1 amide bonds. The number of aliphatic hydroxyl groups is 1. The molecule has 19 heavy (non-hydrogen) atoms. The van der Waals surface area contributed by atoms with Gasteiger partial charge in [0, 0.05) is 18.2 Å². The van der Waals surface area contributed by atoms with E-state index >= 15 is 0 Å². The summed E-state index contributed by atoms with van der Waals surface area (Å²) in [5.74, 6) is 5.50. The van der Waals surface area contributed by atoms with Gasteiger partial charge in [-0.15, -0.1) is 11.3 Å². The average Bonchev–Trinajstić information content (AvgIpc) is 2.89. The monoisotopic (exact) mass is 272 g/mol. The zero-order valence-electron chi connectivity index (χ0n) is 10.1. The lowest BCUT2D eigenvalue weighted by molar-refractivity contribution is 0.103. The van der Waals surface area contributed by atoms with Crippen molar-refractivity contribution in [2.75, 3.05) is 11.9 Å². The van der Waals surface area contributed by atoms with Gasteiger partial charge in [-0.2, -0.15) is 0 Å². The van der Waals surface area contributed by atoms with Crippen molar-refractivity contribution in [3.05, 3.63) is 46.4 Å². The molecule has 0 unspecified atom stereocenters. The van der Waals surface area contributed by atoms with Crippen LogP contribution in [0.1, 0.15) is 21.7 Å². The van der Waals surface area contributed by atoms with Crippen LogP contribution >= 0.6 is 11.3 Å². The van der Waals surface area contributed by atoms with E-state index < -0.39 is 0 Å². The van der Waals surface area contributed by atoms with Crippen LogP contribution in [0, 0.1) is 11.8 Å². The Bertz CT molecular complexity index is 611. The van der Waals surface area contributed by atoms with Crippen LogP contribution in [0.4, 0.5) is 5.69 Å². The zero-order valence-corrected chi connectivity index (χ0v) is 10.9. The summed E-state index contributed by atoms with van der Waals surface area (Å²) in [7, 11) is 0. The van der Waals surface area contributed by atoms with Crippen LogP contribution in [0.5, 0.6) is 0 Å². The van der Waals surface area contributed by atoms with E-state index in [1.165, 1.54) is 11.3 Å². The fourth-order valence-electron chi connectivity index (χ4n) is 1.42. The van der Waals surface area contributed by atoms with E-state index in [4.69, 9.17) is 5.11 Å². The molecule has 0 bridgehead atoms. The molecule has 2 N–H and O–H groups in total. The highest BCUT2D eigenvalue weighted by Gasteiger charge is 2.11. The third kappa shape index (κ3) is 3.65. The number of carbonyl (C=O) groups is 1. The Morgan fingerprint density at radius 1 is 1.47 bits per heavy atom. The van der Waals surface area contributed by atoms with Crippen molar-refractivity contribution < 1.29 is 9.90 Å². The number of pyridine rings is 1. The fraction of sp³-hybridized carbons (Fsp3) is 0.143. The molecular formula is C14H12N2O2S. The molecule has 4 nitrogen and oxygen atoms in total. The maximum atomic E-state index is 12.1. The molecule has 0 radical (unpaired) electrons. The highest BCUT2D eigenvalue weighted by molar-refractivity contribution is 7.12. The largest absolute Gasteiger partial charge is 0.395 e. The van der Waals surface area contributed by atoms with Crippen LogP contribution in [0.25, 0.3) is 0 Å². The lowest BCUT2D eigenvalue weighted by Crippen LogP contribution is -2.11. The molecule has 0 spiro atoms. The van der Waals surface area contributed by atoms with Crippen molar-refractivity contribution in [3.63, 3.8) is 0 Å². The Morgan fingerprint density at radius 2 is 2.37 bits per heavy atom. The molecule has 2 aromatic rings. The maximum Gasteiger partial charge on any atom is 0.267 e. The summed E-state index contributed by atoms with van der Waals surface area (Å²) in [4.78, 5) is 16.6. The first-order chi connectivity index (χ1) is 9.31. The van der Waals surface area contributed by atoms with Gasteiger partial charge in [0.1, 0.15) is 4.88 Å². The van der Waals surface area contributed by atoms with Gasteiger partial charge in [0.2, 0.25) is 0 Å². The smallest absolute Gasteiger partial charge is 0.267 e. The maximum absolute atomic E-state index is 12.1. The molecule has 0 atom stereocenters. The van der Waals surface area contributed by atoms with Crippen LogP contribution in [-0.4, -0.2) is 22.6 Å². The molecular weight excluding hydrogens is 260 g/mol. The predicted molar refractivity (Wildman–Crippen MR) is 75.1 cm³/mol. The number of rotatable bonds is 3. The van der Waals surface area contributed by atoms with Crippen LogP contribution in [0.3, 0.4) is 0 Å². The third-order valence-corrected chi connectivity index (χ3v) is 3.16. The second kappa shape index (κ2) is 6.69. The zero-order chi connectivity index (χ0) is 13.5. The summed E-state index contributed by atoms with van der Waals surface area (Å²) in [6.07, 6.45) is 3.63. The van der Waals surface area contributed by atoms with E-state index in [9.17, 15) is 4.79 Å². The molecule has 0 saturated heterocycles. The second-order valence-electron chi connectivity index (χ2n) is 3.63. The van der Waals surface area contributed by atoms with Crippen molar-refractivity contribution in [1.82, 2.24) is 4.98 Å². The minimum absolute atomic E-state index is 0.0222. The highest BCUT2D eigenvalue weighted by atomic mass is 32.1. The number of hydrogen-bond acceptors (Lipinski definition) is 4.